The molecule has 5 heteroatoms. The molecule has 0 saturated heterocycles. The van der Waals surface area contributed by atoms with Gasteiger partial charge in [-0.2, -0.15) is 5.10 Å². The fourth-order valence-electron chi connectivity index (χ4n) is 2.21. The van der Waals surface area contributed by atoms with Gasteiger partial charge >= 0.3 is 0 Å². The molecule has 5 nitrogen and oxygen atoms in total. The third-order valence-corrected chi connectivity index (χ3v) is 3.30. The molecule has 2 aromatic carbocycles. The van der Waals surface area contributed by atoms with E-state index in [9.17, 15) is 4.79 Å². The third-order valence-electron chi connectivity index (χ3n) is 3.30. The molecule has 0 fully saturated rings. The number of rotatable bonds is 3. The Morgan fingerprint density at radius 3 is 2.90 bits per heavy atom. The van der Waals surface area contributed by atoms with Crippen molar-refractivity contribution in [2.75, 3.05) is 12.4 Å². The molecule has 2 N–H and O–H groups in total. The molecule has 0 aliphatic rings. The van der Waals surface area contributed by atoms with Crippen LogP contribution in [-0.4, -0.2) is 23.2 Å². The van der Waals surface area contributed by atoms with Crippen LogP contribution in [0.15, 0.2) is 42.6 Å². The molecule has 21 heavy (non-hydrogen) atoms. The second kappa shape index (κ2) is 5.28. The van der Waals surface area contributed by atoms with Gasteiger partial charge in [0.25, 0.3) is 5.91 Å². The molecule has 0 spiro atoms. The highest BCUT2D eigenvalue weighted by atomic mass is 16.5. The number of carbonyl (C=O) groups excluding carboxylic acids is 1. The molecule has 3 aromatic rings. The van der Waals surface area contributed by atoms with E-state index in [0.29, 0.717) is 17.0 Å². The van der Waals surface area contributed by atoms with E-state index in [1.807, 2.05) is 37.3 Å². The van der Waals surface area contributed by atoms with Gasteiger partial charge in [-0.25, -0.2) is 0 Å². The molecule has 0 radical (unpaired) electrons. The number of ether oxygens (including phenoxy) is 1. The minimum Gasteiger partial charge on any atom is -0.496 e. The number of aromatic amines is 1. The van der Waals surface area contributed by atoms with Gasteiger partial charge in [-0.05, 0) is 37.3 Å². The normalized spacial score (nSPS) is 10.6. The summed E-state index contributed by atoms with van der Waals surface area (Å²) < 4.78 is 5.24. The summed E-state index contributed by atoms with van der Waals surface area (Å²) in [5, 5.41) is 10.7. The Bertz CT molecular complexity index is 808. The number of carbonyl (C=O) groups is 1. The van der Waals surface area contributed by atoms with Crippen LogP contribution in [0.3, 0.4) is 0 Å². The van der Waals surface area contributed by atoms with E-state index >= 15 is 0 Å². The summed E-state index contributed by atoms with van der Waals surface area (Å²) in [7, 11) is 1.55. The van der Waals surface area contributed by atoms with Gasteiger partial charge in [0, 0.05) is 11.1 Å². The number of H-pyrrole nitrogens is 1. The first kappa shape index (κ1) is 13.2. The number of nitrogens with zero attached hydrogens (tertiary/aromatic N) is 1. The molecule has 0 unspecified atom stereocenters. The molecule has 3 rings (SSSR count). The van der Waals surface area contributed by atoms with Gasteiger partial charge in [-0.1, -0.05) is 11.6 Å². The van der Waals surface area contributed by atoms with Crippen LogP contribution in [-0.2, 0) is 0 Å². The van der Waals surface area contributed by atoms with E-state index in [1.165, 1.54) is 0 Å². The van der Waals surface area contributed by atoms with Gasteiger partial charge in [0.1, 0.15) is 5.75 Å². The number of aryl methyl sites for hydroxylation is 1. The fourth-order valence-corrected chi connectivity index (χ4v) is 2.21. The lowest BCUT2D eigenvalue weighted by atomic mass is 10.1. The van der Waals surface area contributed by atoms with E-state index in [2.05, 4.69) is 15.5 Å². The number of fused-ring (bicyclic) bond motifs is 1. The molecule has 106 valence electrons. The SMILES string of the molecule is COc1ccc(C)cc1C(=O)Nc1ccc2cn[nH]c2c1. The first-order valence-electron chi connectivity index (χ1n) is 6.56. The summed E-state index contributed by atoms with van der Waals surface area (Å²) in [5.41, 5.74) is 3.11. The summed E-state index contributed by atoms with van der Waals surface area (Å²) in [5.74, 6) is 0.357. The maximum atomic E-state index is 12.4. The second-order valence-corrected chi connectivity index (χ2v) is 4.83. The maximum absolute atomic E-state index is 12.4. The Kier molecular flexibility index (Phi) is 3.31. The number of hydrogen-bond acceptors (Lipinski definition) is 3. The highest BCUT2D eigenvalue weighted by Gasteiger charge is 2.13. The van der Waals surface area contributed by atoms with Crippen molar-refractivity contribution in [1.29, 1.82) is 0 Å². The lowest BCUT2D eigenvalue weighted by Crippen LogP contribution is -2.13. The fraction of sp³-hybridized carbons (Fsp3) is 0.125. The van der Waals surface area contributed by atoms with Crippen molar-refractivity contribution in [3.63, 3.8) is 0 Å². The third kappa shape index (κ3) is 2.58. The number of methoxy groups -OCH3 is 1. The van der Waals surface area contributed by atoms with Crippen molar-refractivity contribution < 1.29 is 9.53 Å². The van der Waals surface area contributed by atoms with Gasteiger partial charge in [0.2, 0.25) is 0 Å². The summed E-state index contributed by atoms with van der Waals surface area (Å²) >= 11 is 0. The van der Waals surface area contributed by atoms with Crippen LogP contribution in [0.2, 0.25) is 0 Å². The van der Waals surface area contributed by atoms with Crippen molar-refractivity contribution in [3.05, 3.63) is 53.7 Å². The van der Waals surface area contributed by atoms with Crippen molar-refractivity contribution in [1.82, 2.24) is 10.2 Å². The van der Waals surface area contributed by atoms with Gasteiger partial charge in [0.15, 0.2) is 0 Å². The van der Waals surface area contributed by atoms with Crippen molar-refractivity contribution in [2.45, 2.75) is 6.92 Å². The number of anilines is 1. The summed E-state index contributed by atoms with van der Waals surface area (Å²) in [6.45, 7) is 1.94. The smallest absolute Gasteiger partial charge is 0.259 e. The highest BCUT2D eigenvalue weighted by Crippen LogP contribution is 2.22. The Labute approximate surface area is 121 Å². The van der Waals surface area contributed by atoms with Crippen molar-refractivity contribution >= 4 is 22.5 Å². The average molecular weight is 281 g/mol. The number of aromatic nitrogens is 2. The van der Waals surface area contributed by atoms with Crippen molar-refractivity contribution in [2.24, 2.45) is 0 Å². The van der Waals surface area contributed by atoms with Crippen LogP contribution >= 0.6 is 0 Å². The number of nitrogens with one attached hydrogen (secondary N) is 2. The molecule has 0 bridgehead atoms. The zero-order valence-electron chi connectivity index (χ0n) is 11.8. The summed E-state index contributed by atoms with van der Waals surface area (Å²) in [4.78, 5) is 12.4. The first-order valence-corrected chi connectivity index (χ1v) is 6.56. The largest absolute Gasteiger partial charge is 0.496 e. The van der Waals surface area contributed by atoms with E-state index in [4.69, 9.17) is 4.74 Å². The van der Waals surface area contributed by atoms with Gasteiger partial charge in [-0.15, -0.1) is 0 Å². The van der Waals surface area contributed by atoms with E-state index in [-0.39, 0.29) is 5.91 Å². The van der Waals surface area contributed by atoms with Crippen LogP contribution < -0.4 is 10.1 Å². The molecule has 0 saturated carbocycles. The van der Waals surface area contributed by atoms with E-state index < -0.39 is 0 Å². The van der Waals surface area contributed by atoms with Gasteiger partial charge < -0.3 is 10.1 Å². The Morgan fingerprint density at radius 1 is 1.24 bits per heavy atom. The zero-order valence-corrected chi connectivity index (χ0v) is 11.8. The molecule has 0 atom stereocenters. The zero-order chi connectivity index (χ0) is 14.8. The van der Waals surface area contributed by atoms with Crippen LogP contribution in [0.5, 0.6) is 5.75 Å². The molecular weight excluding hydrogens is 266 g/mol. The van der Waals surface area contributed by atoms with Gasteiger partial charge in [0.05, 0.1) is 24.4 Å². The Balaban J connectivity index is 1.90. The van der Waals surface area contributed by atoms with Gasteiger partial charge in [-0.3, -0.25) is 9.89 Å². The summed E-state index contributed by atoms with van der Waals surface area (Å²) in [6.07, 6.45) is 1.74. The standard InChI is InChI=1S/C16H15N3O2/c1-10-3-6-15(21-2)13(7-10)16(20)18-12-5-4-11-9-17-19-14(11)8-12/h3-9H,1-2H3,(H,17,19)(H,18,20). The molecule has 0 aliphatic carbocycles. The second-order valence-electron chi connectivity index (χ2n) is 4.83. The lowest BCUT2D eigenvalue weighted by Gasteiger charge is -2.10. The van der Waals surface area contributed by atoms with Crippen LogP contribution in [0, 0.1) is 6.92 Å². The topological polar surface area (TPSA) is 67.0 Å². The minimum absolute atomic E-state index is 0.200. The maximum Gasteiger partial charge on any atom is 0.259 e. The quantitative estimate of drug-likeness (QED) is 0.775. The van der Waals surface area contributed by atoms with Crippen LogP contribution in [0.1, 0.15) is 15.9 Å². The predicted octanol–water partition coefficient (Wildman–Crippen LogP) is 3.13. The van der Waals surface area contributed by atoms with Crippen molar-refractivity contribution in [3.8, 4) is 5.75 Å². The summed E-state index contributed by atoms with van der Waals surface area (Å²) in [6, 6.07) is 11.1. The predicted molar refractivity (Wildman–Crippen MR) is 81.8 cm³/mol. The van der Waals surface area contributed by atoms with E-state index in [0.717, 1.165) is 16.5 Å². The molecule has 1 amide bonds. The number of amides is 1. The highest BCUT2D eigenvalue weighted by molar-refractivity contribution is 6.07. The van der Waals surface area contributed by atoms with Crippen LogP contribution in [0.25, 0.3) is 10.9 Å². The Morgan fingerprint density at radius 2 is 2.10 bits per heavy atom. The minimum atomic E-state index is -0.200. The molecule has 0 aliphatic heterocycles. The monoisotopic (exact) mass is 281 g/mol. The number of hydrogen-bond donors (Lipinski definition) is 2. The van der Waals surface area contributed by atoms with E-state index in [1.54, 1.807) is 19.4 Å². The molecular formula is C16H15N3O2. The van der Waals surface area contributed by atoms with Crippen LogP contribution in [0.4, 0.5) is 5.69 Å². The molecule has 1 heterocycles. The molecule has 1 aromatic heterocycles. The lowest BCUT2D eigenvalue weighted by molar-refractivity contribution is 0.102. The average Bonchev–Trinajstić information content (AvgIpc) is 2.94. The Hall–Kier alpha value is -2.82. The first-order chi connectivity index (χ1) is 10.2. The number of benzene rings is 2.